The predicted octanol–water partition coefficient (Wildman–Crippen LogP) is 1.39. The predicted molar refractivity (Wildman–Crippen MR) is 98.9 cm³/mol. The number of carbonyl (C=O) groups excluding carboxylic acids is 1. The molecule has 8 nitrogen and oxygen atoms in total. The molecule has 0 aliphatic carbocycles. The van der Waals surface area contributed by atoms with Crippen LogP contribution in [0.1, 0.15) is 18.9 Å². The molecule has 26 heavy (non-hydrogen) atoms. The number of nitrogens with one attached hydrogen (secondary N) is 2. The van der Waals surface area contributed by atoms with Crippen LogP contribution in [0.2, 0.25) is 0 Å². The Morgan fingerprint density at radius 1 is 1.38 bits per heavy atom. The Labute approximate surface area is 153 Å². The molecule has 1 unspecified atom stereocenters. The van der Waals surface area contributed by atoms with Crippen LogP contribution < -0.4 is 15.5 Å². The first kappa shape index (κ1) is 18.2. The summed E-state index contributed by atoms with van der Waals surface area (Å²) >= 11 is 0. The summed E-state index contributed by atoms with van der Waals surface area (Å²) in [6, 6.07) is 5.72. The number of anilines is 1. The number of rotatable bonds is 7. The molecule has 2 aromatic heterocycles. The highest BCUT2D eigenvalue weighted by atomic mass is 16.5. The van der Waals surface area contributed by atoms with E-state index in [2.05, 4.69) is 32.5 Å². The van der Waals surface area contributed by atoms with E-state index in [9.17, 15) is 4.79 Å². The van der Waals surface area contributed by atoms with Crippen molar-refractivity contribution >= 4 is 11.8 Å². The van der Waals surface area contributed by atoms with Gasteiger partial charge in [0, 0.05) is 51.3 Å². The minimum absolute atomic E-state index is 0.170. The quantitative estimate of drug-likeness (QED) is 0.731. The summed E-state index contributed by atoms with van der Waals surface area (Å²) in [5.41, 5.74) is 0.974. The van der Waals surface area contributed by atoms with Crippen molar-refractivity contribution < 1.29 is 9.53 Å². The van der Waals surface area contributed by atoms with Gasteiger partial charge in [-0.15, -0.1) is 0 Å². The lowest BCUT2D eigenvalue weighted by atomic mass is 10.2. The second-order valence-corrected chi connectivity index (χ2v) is 6.38. The molecule has 2 amide bonds. The highest BCUT2D eigenvalue weighted by Crippen LogP contribution is 2.15. The number of aryl methyl sites for hydroxylation is 1. The van der Waals surface area contributed by atoms with Gasteiger partial charge in [-0.3, -0.25) is 4.68 Å². The lowest BCUT2D eigenvalue weighted by molar-refractivity contribution is 0.0529. The van der Waals surface area contributed by atoms with Gasteiger partial charge in [0.2, 0.25) is 0 Å². The van der Waals surface area contributed by atoms with E-state index in [1.165, 1.54) is 0 Å². The van der Waals surface area contributed by atoms with Crippen LogP contribution in [0.25, 0.3) is 0 Å². The molecule has 1 saturated heterocycles. The first-order valence-electron chi connectivity index (χ1n) is 9.01. The van der Waals surface area contributed by atoms with Crippen LogP contribution in [0.3, 0.4) is 0 Å². The lowest BCUT2D eigenvalue weighted by Gasteiger charge is -2.32. The second-order valence-electron chi connectivity index (χ2n) is 6.38. The number of pyridine rings is 1. The highest BCUT2D eigenvalue weighted by Gasteiger charge is 2.17. The Bertz CT molecular complexity index is 673. The Morgan fingerprint density at radius 2 is 2.31 bits per heavy atom. The van der Waals surface area contributed by atoms with E-state index in [-0.39, 0.29) is 12.1 Å². The monoisotopic (exact) mass is 358 g/mol. The van der Waals surface area contributed by atoms with Crippen LogP contribution in [0.5, 0.6) is 0 Å². The second kappa shape index (κ2) is 9.19. The summed E-state index contributed by atoms with van der Waals surface area (Å²) in [6.45, 7) is 6.36. The molecule has 2 N–H and O–H groups in total. The zero-order valence-electron chi connectivity index (χ0n) is 15.1. The maximum absolute atomic E-state index is 11.8. The van der Waals surface area contributed by atoms with Gasteiger partial charge in [0.1, 0.15) is 5.82 Å². The van der Waals surface area contributed by atoms with Crippen molar-refractivity contribution in [3.8, 4) is 0 Å². The summed E-state index contributed by atoms with van der Waals surface area (Å²) in [5, 5.41) is 9.83. The smallest absolute Gasteiger partial charge is 0.315 e. The van der Waals surface area contributed by atoms with Gasteiger partial charge in [0.25, 0.3) is 0 Å². The molecule has 1 atom stereocenters. The number of carbonyl (C=O) groups is 1. The van der Waals surface area contributed by atoms with Crippen molar-refractivity contribution in [3.05, 3.63) is 42.4 Å². The molecule has 0 bridgehead atoms. The normalized spacial score (nSPS) is 17.1. The lowest BCUT2D eigenvalue weighted by Crippen LogP contribution is -2.41. The summed E-state index contributed by atoms with van der Waals surface area (Å²) in [7, 11) is 0. The molecule has 1 fully saturated rings. The number of ether oxygens (including phenoxy) is 1. The van der Waals surface area contributed by atoms with Crippen molar-refractivity contribution in [2.24, 2.45) is 0 Å². The van der Waals surface area contributed by atoms with E-state index in [0.29, 0.717) is 13.1 Å². The maximum atomic E-state index is 11.8. The zero-order valence-corrected chi connectivity index (χ0v) is 15.1. The average molecular weight is 358 g/mol. The summed E-state index contributed by atoms with van der Waals surface area (Å²) in [5.74, 6) is 0.951. The number of nitrogens with zero attached hydrogens (tertiary/aromatic N) is 4. The Balaban J connectivity index is 1.35. The summed E-state index contributed by atoms with van der Waals surface area (Å²) in [4.78, 5) is 18.6. The van der Waals surface area contributed by atoms with Gasteiger partial charge in [-0.2, -0.15) is 5.10 Å². The molecule has 1 aliphatic heterocycles. The van der Waals surface area contributed by atoms with Gasteiger partial charge in [0.15, 0.2) is 0 Å². The van der Waals surface area contributed by atoms with Crippen molar-refractivity contribution in [1.82, 2.24) is 25.4 Å². The van der Waals surface area contributed by atoms with E-state index >= 15 is 0 Å². The van der Waals surface area contributed by atoms with Crippen LogP contribution in [-0.4, -0.2) is 53.1 Å². The van der Waals surface area contributed by atoms with Crippen LogP contribution >= 0.6 is 0 Å². The topological polar surface area (TPSA) is 84.3 Å². The molecule has 8 heteroatoms. The standard InChI is InChI=1S/C18H26N6O2/c1-15-14-23(10-11-26-15)17-5-4-16(12-20-17)13-21-18(25)19-6-2-8-24-9-3-7-22-24/h3-5,7,9,12,15H,2,6,8,10-11,13-14H2,1H3,(H2,19,21,25). The van der Waals surface area contributed by atoms with Crippen LogP contribution in [0.4, 0.5) is 10.6 Å². The largest absolute Gasteiger partial charge is 0.375 e. The van der Waals surface area contributed by atoms with Gasteiger partial charge in [-0.05, 0) is 31.0 Å². The molecule has 0 aromatic carbocycles. The van der Waals surface area contributed by atoms with E-state index in [0.717, 1.165) is 44.0 Å². The van der Waals surface area contributed by atoms with E-state index in [4.69, 9.17) is 4.74 Å². The van der Waals surface area contributed by atoms with E-state index < -0.39 is 0 Å². The number of hydrogen-bond acceptors (Lipinski definition) is 5. The molecule has 1 aliphatic rings. The van der Waals surface area contributed by atoms with Crippen molar-refractivity contribution in [2.75, 3.05) is 31.1 Å². The zero-order chi connectivity index (χ0) is 18.2. The van der Waals surface area contributed by atoms with Crippen molar-refractivity contribution in [2.45, 2.75) is 32.5 Å². The summed E-state index contributed by atoms with van der Waals surface area (Å²) < 4.78 is 7.40. The molecular formula is C18H26N6O2. The van der Waals surface area contributed by atoms with Crippen LogP contribution in [-0.2, 0) is 17.8 Å². The molecule has 2 aromatic rings. The highest BCUT2D eigenvalue weighted by molar-refractivity contribution is 5.73. The molecule has 0 saturated carbocycles. The van der Waals surface area contributed by atoms with E-state index in [1.54, 1.807) is 6.20 Å². The number of amides is 2. The number of morpholine rings is 1. The fraction of sp³-hybridized carbons (Fsp3) is 0.500. The SMILES string of the molecule is CC1CN(c2ccc(CNC(=O)NCCCn3cccn3)cn2)CCO1. The third-order valence-electron chi connectivity index (χ3n) is 4.24. The van der Waals surface area contributed by atoms with Crippen molar-refractivity contribution in [3.63, 3.8) is 0 Å². The Hall–Kier alpha value is -2.61. The van der Waals surface area contributed by atoms with Gasteiger partial charge in [-0.25, -0.2) is 9.78 Å². The number of hydrogen-bond donors (Lipinski definition) is 2. The van der Waals surface area contributed by atoms with Gasteiger partial charge in [0.05, 0.1) is 12.7 Å². The third-order valence-corrected chi connectivity index (χ3v) is 4.24. The molecule has 0 spiro atoms. The van der Waals surface area contributed by atoms with Crippen molar-refractivity contribution in [1.29, 1.82) is 0 Å². The fourth-order valence-electron chi connectivity index (χ4n) is 2.86. The Kier molecular flexibility index (Phi) is 6.43. The maximum Gasteiger partial charge on any atom is 0.315 e. The van der Waals surface area contributed by atoms with Gasteiger partial charge in [-0.1, -0.05) is 6.07 Å². The first-order chi connectivity index (χ1) is 12.7. The molecular weight excluding hydrogens is 332 g/mol. The minimum atomic E-state index is -0.170. The van der Waals surface area contributed by atoms with Gasteiger partial charge < -0.3 is 20.3 Å². The molecule has 140 valence electrons. The molecule has 3 rings (SSSR count). The fourth-order valence-corrected chi connectivity index (χ4v) is 2.86. The van der Waals surface area contributed by atoms with Crippen LogP contribution in [0.15, 0.2) is 36.8 Å². The van der Waals surface area contributed by atoms with Crippen LogP contribution in [0, 0.1) is 0 Å². The summed E-state index contributed by atoms with van der Waals surface area (Å²) in [6.07, 6.45) is 6.54. The number of aromatic nitrogens is 3. The molecule has 0 radical (unpaired) electrons. The van der Waals surface area contributed by atoms with E-state index in [1.807, 2.05) is 35.3 Å². The Morgan fingerprint density at radius 3 is 3.04 bits per heavy atom. The third kappa shape index (κ3) is 5.45. The number of urea groups is 1. The van der Waals surface area contributed by atoms with Gasteiger partial charge >= 0.3 is 6.03 Å². The average Bonchev–Trinajstić information content (AvgIpc) is 3.17. The first-order valence-corrected chi connectivity index (χ1v) is 9.01. The molecule has 3 heterocycles. The minimum Gasteiger partial charge on any atom is -0.375 e.